The molecule has 1 aromatic carbocycles. The Morgan fingerprint density at radius 1 is 1.20 bits per heavy atom. The number of benzene rings is 1. The van der Waals surface area contributed by atoms with Crippen LogP contribution < -0.4 is 5.32 Å². The van der Waals surface area contributed by atoms with Gasteiger partial charge in [0.25, 0.3) is 0 Å². The average molecular weight is 277 g/mol. The molecule has 0 aliphatic carbocycles. The topological polar surface area (TPSA) is 38.3 Å². The second kappa shape index (κ2) is 9.67. The highest BCUT2D eigenvalue weighted by Crippen LogP contribution is 2.06. The van der Waals surface area contributed by atoms with Crippen LogP contribution in [0.4, 0.5) is 0 Å². The van der Waals surface area contributed by atoms with Crippen molar-refractivity contribution in [3.63, 3.8) is 0 Å². The van der Waals surface area contributed by atoms with Gasteiger partial charge in [-0.15, -0.1) is 0 Å². The summed E-state index contributed by atoms with van der Waals surface area (Å²) in [4.78, 5) is 12.2. The fraction of sp³-hybridized carbons (Fsp3) is 0.588. The van der Waals surface area contributed by atoms with Crippen molar-refractivity contribution >= 4 is 5.78 Å². The van der Waals surface area contributed by atoms with E-state index in [2.05, 4.69) is 12.2 Å². The molecule has 0 aliphatic rings. The lowest BCUT2D eigenvalue weighted by Gasteiger charge is -2.13. The van der Waals surface area contributed by atoms with E-state index in [1.165, 1.54) is 12.0 Å². The number of ketones is 1. The van der Waals surface area contributed by atoms with Crippen LogP contribution in [0.2, 0.25) is 0 Å². The Kier molecular flexibility index (Phi) is 8.16. The molecule has 3 nitrogen and oxygen atoms in total. The smallest absolute Gasteiger partial charge is 0.179 e. The van der Waals surface area contributed by atoms with E-state index in [4.69, 9.17) is 4.74 Å². The molecule has 0 saturated carbocycles. The third kappa shape index (κ3) is 6.31. The monoisotopic (exact) mass is 277 g/mol. The van der Waals surface area contributed by atoms with E-state index in [0.29, 0.717) is 0 Å². The summed E-state index contributed by atoms with van der Waals surface area (Å²) >= 11 is 0. The summed E-state index contributed by atoms with van der Waals surface area (Å²) in [6.07, 6.45) is 3.23. The molecule has 0 saturated heterocycles. The fourth-order valence-electron chi connectivity index (χ4n) is 1.90. The van der Waals surface area contributed by atoms with Crippen LogP contribution in [0.1, 0.15) is 49.0 Å². The highest BCUT2D eigenvalue weighted by Gasteiger charge is 2.13. The highest BCUT2D eigenvalue weighted by atomic mass is 16.5. The molecule has 112 valence electrons. The van der Waals surface area contributed by atoms with Crippen molar-refractivity contribution in [1.82, 2.24) is 5.32 Å². The summed E-state index contributed by atoms with van der Waals surface area (Å²) in [6.45, 7) is 8.51. The van der Waals surface area contributed by atoms with Crippen LogP contribution in [0.25, 0.3) is 0 Å². The molecule has 0 amide bonds. The minimum atomic E-state index is -0.145. The Balaban J connectivity index is 2.20. The molecule has 0 heterocycles. The quantitative estimate of drug-likeness (QED) is 0.526. The van der Waals surface area contributed by atoms with Gasteiger partial charge in [0.15, 0.2) is 5.78 Å². The Bertz CT molecular complexity index is 386. The first-order valence-electron chi connectivity index (χ1n) is 7.57. The van der Waals surface area contributed by atoms with Crippen LogP contribution in [0.5, 0.6) is 0 Å². The molecule has 0 fully saturated rings. The maximum atomic E-state index is 12.2. The fourth-order valence-corrected chi connectivity index (χ4v) is 1.90. The SMILES string of the molecule is CCCCOCCCNC(C)C(=O)c1ccc(C)cc1. The zero-order valence-corrected chi connectivity index (χ0v) is 12.9. The Labute approximate surface area is 122 Å². The Morgan fingerprint density at radius 3 is 2.50 bits per heavy atom. The van der Waals surface area contributed by atoms with Gasteiger partial charge in [-0.1, -0.05) is 43.2 Å². The second-order valence-corrected chi connectivity index (χ2v) is 5.23. The van der Waals surface area contributed by atoms with E-state index in [9.17, 15) is 4.79 Å². The number of hydrogen-bond acceptors (Lipinski definition) is 3. The number of ether oxygens (including phenoxy) is 1. The highest BCUT2D eigenvalue weighted by molar-refractivity contribution is 5.99. The average Bonchev–Trinajstić information content (AvgIpc) is 2.46. The van der Waals surface area contributed by atoms with Gasteiger partial charge < -0.3 is 10.1 Å². The molecule has 1 atom stereocenters. The summed E-state index contributed by atoms with van der Waals surface area (Å²) in [5, 5.41) is 3.26. The largest absolute Gasteiger partial charge is 0.381 e. The molecular weight excluding hydrogens is 250 g/mol. The molecule has 1 aromatic rings. The van der Waals surface area contributed by atoms with Crippen LogP contribution in [0.3, 0.4) is 0 Å². The number of nitrogens with one attached hydrogen (secondary N) is 1. The molecule has 0 radical (unpaired) electrons. The molecule has 20 heavy (non-hydrogen) atoms. The van der Waals surface area contributed by atoms with E-state index >= 15 is 0 Å². The van der Waals surface area contributed by atoms with Gasteiger partial charge in [-0.05, 0) is 33.2 Å². The number of rotatable bonds is 10. The summed E-state index contributed by atoms with van der Waals surface area (Å²) in [6, 6.07) is 7.59. The first kappa shape index (κ1) is 16.9. The molecule has 0 aliphatic heterocycles. The summed E-state index contributed by atoms with van der Waals surface area (Å²) in [5.41, 5.74) is 1.95. The lowest BCUT2D eigenvalue weighted by Crippen LogP contribution is -2.35. The maximum Gasteiger partial charge on any atom is 0.179 e. The van der Waals surface area contributed by atoms with Gasteiger partial charge in [0.1, 0.15) is 0 Å². The molecule has 0 aromatic heterocycles. The van der Waals surface area contributed by atoms with Crippen molar-refractivity contribution in [2.75, 3.05) is 19.8 Å². The van der Waals surface area contributed by atoms with Crippen LogP contribution in [0.15, 0.2) is 24.3 Å². The van der Waals surface area contributed by atoms with Gasteiger partial charge in [-0.3, -0.25) is 4.79 Å². The van der Waals surface area contributed by atoms with Gasteiger partial charge in [-0.25, -0.2) is 0 Å². The first-order chi connectivity index (χ1) is 9.65. The predicted octanol–water partition coefficient (Wildman–Crippen LogP) is 3.36. The van der Waals surface area contributed by atoms with Gasteiger partial charge in [-0.2, -0.15) is 0 Å². The lowest BCUT2D eigenvalue weighted by molar-refractivity contribution is 0.0944. The van der Waals surface area contributed by atoms with Crippen LogP contribution in [-0.4, -0.2) is 31.6 Å². The second-order valence-electron chi connectivity index (χ2n) is 5.23. The van der Waals surface area contributed by atoms with E-state index in [1.54, 1.807) is 0 Å². The van der Waals surface area contributed by atoms with Crippen LogP contribution >= 0.6 is 0 Å². The summed E-state index contributed by atoms with van der Waals surface area (Å²) in [7, 11) is 0. The molecular formula is C17H27NO2. The van der Waals surface area contributed by atoms with Crippen molar-refractivity contribution < 1.29 is 9.53 Å². The zero-order chi connectivity index (χ0) is 14.8. The molecule has 1 unspecified atom stereocenters. The third-order valence-electron chi connectivity index (χ3n) is 3.29. The molecule has 1 rings (SSSR count). The van der Waals surface area contributed by atoms with Gasteiger partial charge in [0.2, 0.25) is 0 Å². The first-order valence-corrected chi connectivity index (χ1v) is 7.57. The number of Topliss-reactive ketones (excluding diaryl/α,β-unsaturated/α-hetero) is 1. The molecule has 3 heteroatoms. The number of carbonyl (C=O) groups is 1. The maximum absolute atomic E-state index is 12.2. The normalized spacial score (nSPS) is 12.3. The number of carbonyl (C=O) groups excluding carboxylic acids is 1. The van der Waals surface area contributed by atoms with E-state index < -0.39 is 0 Å². The standard InChI is InChI=1S/C17H27NO2/c1-4-5-12-20-13-6-11-18-15(3)17(19)16-9-7-14(2)8-10-16/h7-10,15,18H,4-6,11-13H2,1-3H3. The van der Waals surface area contributed by atoms with Gasteiger partial charge in [0, 0.05) is 18.8 Å². The number of aryl methyl sites for hydroxylation is 1. The minimum absolute atomic E-state index is 0.145. The van der Waals surface area contributed by atoms with E-state index in [1.807, 2.05) is 38.1 Å². The van der Waals surface area contributed by atoms with E-state index in [-0.39, 0.29) is 11.8 Å². The van der Waals surface area contributed by atoms with Gasteiger partial charge >= 0.3 is 0 Å². The molecule has 0 spiro atoms. The minimum Gasteiger partial charge on any atom is -0.381 e. The molecule has 1 N–H and O–H groups in total. The Morgan fingerprint density at radius 2 is 1.85 bits per heavy atom. The van der Waals surface area contributed by atoms with E-state index in [0.717, 1.165) is 38.2 Å². The van der Waals surface area contributed by atoms with Crippen molar-refractivity contribution in [2.24, 2.45) is 0 Å². The summed E-state index contributed by atoms with van der Waals surface area (Å²) in [5.74, 6) is 0.150. The van der Waals surface area contributed by atoms with Crippen molar-refractivity contribution in [3.8, 4) is 0 Å². The Hall–Kier alpha value is -1.19. The van der Waals surface area contributed by atoms with Crippen molar-refractivity contribution in [2.45, 2.75) is 46.1 Å². The number of unbranched alkanes of at least 4 members (excludes halogenated alkanes) is 1. The lowest BCUT2D eigenvalue weighted by atomic mass is 10.0. The van der Waals surface area contributed by atoms with Crippen LogP contribution in [0, 0.1) is 6.92 Å². The zero-order valence-electron chi connectivity index (χ0n) is 12.9. The third-order valence-corrected chi connectivity index (χ3v) is 3.29. The van der Waals surface area contributed by atoms with Crippen molar-refractivity contribution in [3.05, 3.63) is 35.4 Å². The molecule has 0 bridgehead atoms. The van der Waals surface area contributed by atoms with Crippen LogP contribution in [-0.2, 0) is 4.74 Å². The number of hydrogen-bond donors (Lipinski definition) is 1. The predicted molar refractivity (Wildman–Crippen MR) is 83.3 cm³/mol. The van der Waals surface area contributed by atoms with Gasteiger partial charge in [0.05, 0.1) is 6.04 Å². The van der Waals surface area contributed by atoms with Crippen molar-refractivity contribution in [1.29, 1.82) is 0 Å². The summed E-state index contributed by atoms with van der Waals surface area (Å²) < 4.78 is 5.49.